The molecule has 23 heavy (non-hydrogen) atoms. The van der Waals surface area contributed by atoms with Crippen LogP contribution in [0.4, 0.5) is 0 Å². The fourth-order valence-corrected chi connectivity index (χ4v) is 2.20. The molecule has 0 radical (unpaired) electrons. The van der Waals surface area contributed by atoms with Crippen LogP contribution in [0.25, 0.3) is 0 Å². The highest BCUT2D eigenvalue weighted by molar-refractivity contribution is 5.95. The summed E-state index contributed by atoms with van der Waals surface area (Å²) in [5.74, 6) is -2.05. The van der Waals surface area contributed by atoms with Gasteiger partial charge in [0.15, 0.2) is 12.2 Å². The van der Waals surface area contributed by atoms with E-state index in [1.807, 2.05) is 13.8 Å². The quantitative estimate of drug-likeness (QED) is 0.301. The van der Waals surface area contributed by atoms with Gasteiger partial charge in [-0.2, -0.15) is 0 Å². The van der Waals surface area contributed by atoms with Crippen LogP contribution in [-0.2, 0) is 19.1 Å². The summed E-state index contributed by atoms with van der Waals surface area (Å²) in [6, 6.07) is -0.694. The lowest BCUT2D eigenvalue weighted by Crippen LogP contribution is -2.51. The van der Waals surface area contributed by atoms with Crippen LogP contribution in [0.3, 0.4) is 0 Å². The standard InChI is InChI=1S/C15H27N3O5/c1-3-9(2)10(13(19)17-8-6-4-5-7-16)18-14(20)11-12(23-11)15(21)22/h9-12H,3-8,16H2,1-2H3,(H,17,19)(H,18,20)(H,21,22). The van der Waals surface area contributed by atoms with Crippen molar-refractivity contribution < 1.29 is 24.2 Å². The van der Waals surface area contributed by atoms with Gasteiger partial charge in [-0.1, -0.05) is 26.7 Å². The van der Waals surface area contributed by atoms with Crippen molar-refractivity contribution in [2.45, 2.75) is 57.8 Å². The van der Waals surface area contributed by atoms with Gasteiger partial charge in [-0.05, 0) is 25.3 Å². The molecule has 0 spiro atoms. The number of carbonyl (C=O) groups excluding carboxylic acids is 2. The van der Waals surface area contributed by atoms with Gasteiger partial charge in [0.05, 0.1) is 0 Å². The van der Waals surface area contributed by atoms with E-state index in [4.69, 9.17) is 15.6 Å². The minimum atomic E-state index is -1.17. The smallest absolute Gasteiger partial charge is 0.336 e. The fourth-order valence-electron chi connectivity index (χ4n) is 2.20. The molecule has 132 valence electrons. The van der Waals surface area contributed by atoms with Crippen LogP contribution in [0.2, 0.25) is 0 Å². The number of carboxylic acid groups (broad SMARTS) is 1. The van der Waals surface area contributed by atoms with Crippen LogP contribution < -0.4 is 16.4 Å². The van der Waals surface area contributed by atoms with Crippen molar-refractivity contribution in [2.75, 3.05) is 13.1 Å². The summed E-state index contributed by atoms with van der Waals surface area (Å²) in [5, 5.41) is 14.2. The van der Waals surface area contributed by atoms with Gasteiger partial charge in [-0.25, -0.2) is 4.79 Å². The molecular weight excluding hydrogens is 302 g/mol. The molecular formula is C15H27N3O5. The molecule has 8 nitrogen and oxygen atoms in total. The number of unbranched alkanes of at least 4 members (excludes halogenated alkanes) is 2. The Kier molecular flexibility index (Phi) is 7.97. The van der Waals surface area contributed by atoms with E-state index < -0.39 is 30.1 Å². The first kappa shape index (κ1) is 19.4. The van der Waals surface area contributed by atoms with Gasteiger partial charge in [0, 0.05) is 6.54 Å². The number of rotatable bonds is 11. The minimum absolute atomic E-state index is 0.0648. The second kappa shape index (κ2) is 9.46. The SMILES string of the molecule is CCC(C)C(NC(=O)C1OC1C(=O)O)C(=O)NCCCCCN. The average molecular weight is 329 g/mol. The number of nitrogens with two attached hydrogens (primary N) is 1. The monoisotopic (exact) mass is 329 g/mol. The van der Waals surface area contributed by atoms with Crippen molar-refractivity contribution in [2.24, 2.45) is 11.7 Å². The van der Waals surface area contributed by atoms with Gasteiger partial charge in [0.2, 0.25) is 5.91 Å². The van der Waals surface area contributed by atoms with Crippen molar-refractivity contribution in [1.29, 1.82) is 0 Å². The summed E-state index contributed by atoms with van der Waals surface area (Å²) < 4.78 is 4.80. The van der Waals surface area contributed by atoms with E-state index in [0.717, 1.165) is 19.3 Å². The molecule has 0 aliphatic carbocycles. The molecule has 0 aromatic carbocycles. The van der Waals surface area contributed by atoms with Crippen LogP contribution >= 0.6 is 0 Å². The number of hydrogen-bond donors (Lipinski definition) is 4. The molecule has 1 rings (SSSR count). The number of aliphatic carboxylic acids is 1. The first-order chi connectivity index (χ1) is 10.9. The Labute approximate surface area is 136 Å². The summed E-state index contributed by atoms with van der Waals surface area (Å²) in [7, 11) is 0. The first-order valence-electron chi connectivity index (χ1n) is 8.08. The van der Waals surface area contributed by atoms with Gasteiger partial charge in [0.25, 0.3) is 5.91 Å². The van der Waals surface area contributed by atoms with Crippen molar-refractivity contribution >= 4 is 17.8 Å². The van der Waals surface area contributed by atoms with Crippen molar-refractivity contribution in [1.82, 2.24) is 10.6 Å². The van der Waals surface area contributed by atoms with Crippen LogP contribution in [0.5, 0.6) is 0 Å². The molecule has 1 saturated heterocycles. The molecule has 4 unspecified atom stereocenters. The molecule has 1 aliphatic heterocycles. The summed E-state index contributed by atoms with van der Waals surface area (Å²) in [6.07, 6.45) is 1.28. The molecule has 0 bridgehead atoms. The lowest BCUT2D eigenvalue weighted by Gasteiger charge is -2.23. The third-order valence-electron chi connectivity index (χ3n) is 3.97. The van der Waals surface area contributed by atoms with E-state index in [9.17, 15) is 14.4 Å². The number of hydrogen-bond acceptors (Lipinski definition) is 5. The van der Waals surface area contributed by atoms with E-state index in [1.54, 1.807) is 0 Å². The zero-order valence-electron chi connectivity index (χ0n) is 13.7. The zero-order valence-corrected chi connectivity index (χ0v) is 13.7. The topological polar surface area (TPSA) is 134 Å². The highest BCUT2D eigenvalue weighted by Crippen LogP contribution is 2.23. The second-order valence-corrected chi connectivity index (χ2v) is 5.83. The number of carboxylic acids is 1. The van der Waals surface area contributed by atoms with E-state index in [0.29, 0.717) is 19.5 Å². The molecule has 0 aromatic heterocycles. The van der Waals surface area contributed by atoms with Gasteiger partial charge < -0.3 is 26.2 Å². The Morgan fingerprint density at radius 2 is 1.91 bits per heavy atom. The average Bonchev–Trinajstić information content (AvgIpc) is 3.32. The molecule has 1 heterocycles. The molecule has 1 fully saturated rings. The lowest BCUT2D eigenvalue weighted by molar-refractivity contribution is -0.138. The summed E-state index contributed by atoms with van der Waals surface area (Å²) in [4.78, 5) is 35.0. The lowest BCUT2D eigenvalue weighted by atomic mass is 9.98. The van der Waals surface area contributed by atoms with Crippen molar-refractivity contribution in [3.8, 4) is 0 Å². The Morgan fingerprint density at radius 3 is 2.43 bits per heavy atom. The van der Waals surface area contributed by atoms with Gasteiger partial charge >= 0.3 is 5.97 Å². The van der Waals surface area contributed by atoms with Crippen LogP contribution in [0, 0.1) is 5.92 Å². The summed E-state index contributed by atoms with van der Waals surface area (Å²) in [6.45, 7) is 4.94. The van der Waals surface area contributed by atoms with Crippen molar-refractivity contribution in [3.05, 3.63) is 0 Å². The molecule has 8 heteroatoms. The summed E-state index contributed by atoms with van der Waals surface area (Å²) in [5.41, 5.74) is 5.41. The molecule has 4 atom stereocenters. The molecule has 0 aromatic rings. The highest BCUT2D eigenvalue weighted by atomic mass is 16.6. The number of carbonyl (C=O) groups is 3. The normalized spacial score (nSPS) is 22.0. The Bertz CT molecular complexity index is 429. The zero-order chi connectivity index (χ0) is 17.4. The number of epoxide rings is 1. The van der Waals surface area contributed by atoms with E-state index in [2.05, 4.69) is 10.6 Å². The second-order valence-electron chi connectivity index (χ2n) is 5.83. The predicted octanol–water partition coefficient (Wildman–Crippen LogP) is -0.385. The number of amides is 2. The van der Waals surface area contributed by atoms with Crippen LogP contribution in [0.1, 0.15) is 39.5 Å². The van der Waals surface area contributed by atoms with Gasteiger partial charge in [-0.3, -0.25) is 9.59 Å². The Balaban J connectivity index is 2.47. The van der Waals surface area contributed by atoms with Gasteiger partial charge in [0.1, 0.15) is 6.04 Å². The first-order valence-corrected chi connectivity index (χ1v) is 8.08. The molecule has 0 saturated carbocycles. The minimum Gasteiger partial charge on any atom is -0.479 e. The van der Waals surface area contributed by atoms with E-state index >= 15 is 0 Å². The molecule has 2 amide bonds. The van der Waals surface area contributed by atoms with E-state index in [-0.39, 0.29) is 11.8 Å². The van der Waals surface area contributed by atoms with Crippen LogP contribution in [-0.4, -0.2) is 54.2 Å². The maximum atomic E-state index is 12.3. The van der Waals surface area contributed by atoms with Crippen LogP contribution in [0.15, 0.2) is 0 Å². The van der Waals surface area contributed by atoms with E-state index in [1.165, 1.54) is 0 Å². The maximum Gasteiger partial charge on any atom is 0.336 e. The Hall–Kier alpha value is -1.67. The fraction of sp³-hybridized carbons (Fsp3) is 0.800. The number of nitrogens with one attached hydrogen (secondary N) is 2. The van der Waals surface area contributed by atoms with Crippen molar-refractivity contribution in [3.63, 3.8) is 0 Å². The Morgan fingerprint density at radius 1 is 1.22 bits per heavy atom. The highest BCUT2D eigenvalue weighted by Gasteiger charge is 2.51. The largest absolute Gasteiger partial charge is 0.479 e. The molecule has 1 aliphatic rings. The third-order valence-corrected chi connectivity index (χ3v) is 3.97. The number of ether oxygens (including phenoxy) is 1. The summed E-state index contributed by atoms with van der Waals surface area (Å²) >= 11 is 0. The predicted molar refractivity (Wildman–Crippen MR) is 83.6 cm³/mol. The molecule has 5 N–H and O–H groups in total. The maximum absolute atomic E-state index is 12.3. The van der Waals surface area contributed by atoms with Gasteiger partial charge in [-0.15, -0.1) is 0 Å². The third kappa shape index (κ3) is 6.15.